The fraction of sp³-hybridized carbons (Fsp3) is 0.182. The second-order valence-electron chi connectivity index (χ2n) is 3.81. The molecular formula is C11H12N4O4. The van der Waals surface area contributed by atoms with Crippen LogP contribution < -0.4 is 5.43 Å². The maximum absolute atomic E-state index is 10.9. The summed E-state index contributed by atoms with van der Waals surface area (Å²) in [5.41, 5.74) is 3.11. The average molecular weight is 264 g/mol. The quantitative estimate of drug-likeness (QED) is 0.499. The zero-order valence-electron chi connectivity index (χ0n) is 10.4. The number of non-ortho nitro benzene ring substituents is 1. The molecule has 1 N–H and O–H groups in total. The summed E-state index contributed by atoms with van der Waals surface area (Å²) in [5, 5.41) is 25.3. The van der Waals surface area contributed by atoms with Crippen molar-refractivity contribution in [3.63, 3.8) is 0 Å². The summed E-state index contributed by atoms with van der Waals surface area (Å²) in [7, 11) is 0. The molecule has 1 aromatic rings. The molecule has 0 heterocycles. The SMILES string of the molecule is C=C(C)/C(C)=N/Nc1ccc([N+](=O)[O-])cc1[N+](=O)[O-]. The molecule has 0 saturated carbocycles. The van der Waals surface area contributed by atoms with Gasteiger partial charge in [0.25, 0.3) is 5.69 Å². The first-order chi connectivity index (χ1) is 8.82. The number of nitro groups is 2. The van der Waals surface area contributed by atoms with Crippen LogP contribution in [0.25, 0.3) is 0 Å². The van der Waals surface area contributed by atoms with Crippen molar-refractivity contribution >= 4 is 22.8 Å². The minimum Gasteiger partial charge on any atom is -0.271 e. The van der Waals surface area contributed by atoms with Gasteiger partial charge in [-0.1, -0.05) is 6.58 Å². The van der Waals surface area contributed by atoms with Gasteiger partial charge in [0.05, 0.1) is 21.6 Å². The monoisotopic (exact) mass is 264 g/mol. The van der Waals surface area contributed by atoms with Gasteiger partial charge in [-0.05, 0) is 25.5 Å². The largest absolute Gasteiger partial charge is 0.301 e. The van der Waals surface area contributed by atoms with E-state index in [1.54, 1.807) is 13.8 Å². The van der Waals surface area contributed by atoms with E-state index in [1.807, 2.05) is 0 Å². The number of hydrazone groups is 1. The van der Waals surface area contributed by atoms with E-state index in [-0.39, 0.29) is 11.4 Å². The summed E-state index contributed by atoms with van der Waals surface area (Å²) in [6.45, 7) is 7.10. The second-order valence-corrected chi connectivity index (χ2v) is 3.81. The molecule has 19 heavy (non-hydrogen) atoms. The Balaban J connectivity index is 3.14. The average Bonchev–Trinajstić information content (AvgIpc) is 2.35. The highest BCUT2D eigenvalue weighted by atomic mass is 16.6. The van der Waals surface area contributed by atoms with Crippen molar-refractivity contribution in [3.05, 3.63) is 50.6 Å². The van der Waals surface area contributed by atoms with Gasteiger partial charge in [-0.2, -0.15) is 5.10 Å². The minimum atomic E-state index is -0.707. The molecule has 0 atom stereocenters. The summed E-state index contributed by atoms with van der Waals surface area (Å²) in [6, 6.07) is 3.29. The van der Waals surface area contributed by atoms with Crippen molar-refractivity contribution in [1.29, 1.82) is 0 Å². The van der Waals surface area contributed by atoms with Crippen LogP contribution in [0.5, 0.6) is 0 Å². The first kappa shape index (κ1) is 14.3. The predicted octanol–water partition coefficient (Wildman–Crippen LogP) is 2.87. The van der Waals surface area contributed by atoms with Gasteiger partial charge in [0.15, 0.2) is 0 Å². The standard InChI is InChI=1S/C11H12N4O4/c1-7(2)8(3)12-13-10-5-4-9(14(16)17)6-11(10)15(18)19/h4-6,13H,1H2,2-3H3/b12-8+. The number of allylic oxidation sites excluding steroid dienone is 1. The molecule has 0 amide bonds. The lowest BCUT2D eigenvalue weighted by Crippen LogP contribution is -2.01. The van der Waals surface area contributed by atoms with E-state index in [0.717, 1.165) is 6.07 Å². The molecule has 0 spiro atoms. The highest BCUT2D eigenvalue weighted by Crippen LogP contribution is 2.28. The molecule has 100 valence electrons. The van der Waals surface area contributed by atoms with Crippen LogP contribution in [0.3, 0.4) is 0 Å². The number of nitrogens with zero attached hydrogens (tertiary/aromatic N) is 3. The van der Waals surface area contributed by atoms with Crippen LogP contribution in [0, 0.1) is 20.2 Å². The van der Waals surface area contributed by atoms with Crippen LogP contribution in [0.2, 0.25) is 0 Å². The third kappa shape index (κ3) is 3.60. The van der Waals surface area contributed by atoms with Crippen LogP contribution in [0.1, 0.15) is 13.8 Å². The topological polar surface area (TPSA) is 111 Å². The Kier molecular flexibility index (Phi) is 4.30. The number of rotatable bonds is 5. The zero-order chi connectivity index (χ0) is 14.6. The summed E-state index contributed by atoms with van der Waals surface area (Å²) in [6.07, 6.45) is 0. The Bertz CT molecular complexity index is 580. The molecule has 0 unspecified atom stereocenters. The van der Waals surface area contributed by atoms with Gasteiger partial charge in [-0.3, -0.25) is 25.7 Å². The minimum absolute atomic E-state index is 0.0798. The van der Waals surface area contributed by atoms with E-state index in [4.69, 9.17) is 0 Å². The summed E-state index contributed by atoms with van der Waals surface area (Å²) in [4.78, 5) is 20.0. The summed E-state index contributed by atoms with van der Waals surface area (Å²) in [5.74, 6) is 0. The van der Waals surface area contributed by atoms with Crippen LogP contribution in [-0.2, 0) is 0 Å². The maximum atomic E-state index is 10.9. The molecule has 8 nitrogen and oxygen atoms in total. The zero-order valence-corrected chi connectivity index (χ0v) is 10.4. The van der Waals surface area contributed by atoms with E-state index in [2.05, 4.69) is 17.1 Å². The molecule has 0 bridgehead atoms. The van der Waals surface area contributed by atoms with Crippen molar-refractivity contribution in [1.82, 2.24) is 0 Å². The van der Waals surface area contributed by atoms with Crippen molar-refractivity contribution in [3.8, 4) is 0 Å². The van der Waals surface area contributed by atoms with Crippen molar-refractivity contribution < 1.29 is 9.85 Å². The Hall–Kier alpha value is -2.77. The van der Waals surface area contributed by atoms with Gasteiger partial charge in [0, 0.05) is 6.07 Å². The molecule has 0 aliphatic heterocycles. The molecule has 1 rings (SSSR count). The predicted molar refractivity (Wildman–Crippen MR) is 71.3 cm³/mol. The number of hydrogen-bond acceptors (Lipinski definition) is 6. The van der Waals surface area contributed by atoms with Gasteiger partial charge < -0.3 is 0 Å². The van der Waals surface area contributed by atoms with Gasteiger partial charge in [0.2, 0.25) is 0 Å². The molecule has 0 saturated heterocycles. The number of nitro benzene ring substituents is 2. The molecule has 8 heteroatoms. The number of nitrogens with one attached hydrogen (secondary N) is 1. The highest BCUT2D eigenvalue weighted by Gasteiger charge is 2.19. The molecule has 0 aliphatic rings. The lowest BCUT2D eigenvalue weighted by Gasteiger charge is -2.03. The fourth-order valence-electron chi connectivity index (χ4n) is 1.12. The summed E-state index contributed by atoms with van der Waals surface area (Å²) >= 11 is 0. The van der Waals surface area contributed by atoms with E-state index < -0.39 is 15.5 Å². The third-order valence-corrected chi connectivity index (χ3v) is 2.35. The van der Waals surface area contributed by atoms with Crippen LogP contribution in [-0.4, -0.2) is 15.6 Å². The molecule has 0 aliphatic carbocycles. The van der Waals surface area contributed by atoms with Crippen molar-refractivity contribution in [2.75, 3.05) is 5.43 Å². The summed E-state index contributed by atoms with van der Waals surface area (Å²) < 4.78 is 0. The molecule has 1 aromatic carbocycles. The van der Waals surface area contributed by atoms with Gasteiger partial charge >= 0.3 is 5.69 Å². The lowest BCUT2D eigenvalue weighted by molar-refractivity contribution is -0.393. The lowest BCUT2D eigenvalue weighted by atomic mass is 10.2. The molecule has 0 radical (unpaired) electrons. The molecular weight excluding hydrogens is 252 g/mol. The van der Waals surface area contributed by atoms with Crippen molar-refractivity contribution in [2.24, 2.45) is 5.10 Å². The third-order valence-electron chi connectivity index (χ3n) is 2.35. The van der Waals surface area contributed by atoms with Crippen LogP contribution >= 0.6 is 0 Å². The van der Waals surface area contributed by atoms with E-state index in [0.29, 0.717) is 11.3 Å². The normalized spacial score (nSPS) is 10.9. The molecule has 0 fully saturated rings. The first-order valence-electron chi connectivity index (χ1n) is 5.22. The van der Waals surface area contributed by atoms with E-state index >= 15 is 0 Å². The van der Waals surface area contributed by atoms with Gasteiger partial charge in [-0.25, -0.2) is 0 Å². The highest BCUT2D eigenvalue weighted by molar-refractivity contribution is 5.97. The van der Waals surface area contributed by atoms with E-state index in [9.17, 15) is 20.2 Å². The van der Waals surface area contributed by atoms with Gasteiger partial charge in [-0.15, -0.1) is 0 Å². The second kappa shape index (κ2) is 5.71. The van der Waals surface area contributed by atoms with Gasteiger partial charge in [0.1, 0.15) is 5.69 Å². The van der Waals surface area contributed by atoms with Crippen molar-refractivity contribution in [2.45, 2.75) is 13.8 Å². The smallest absolute Gasteiger partial charge is 0.271 e. The Morgan fingerprint density at radius 3 is 2.37 bits per heavy atom. The molecule has 0 aromatic heterocycles. The Morgan fingerprint density at radius 1 is 1.26 bits per heavy atom. The number of anilines is 1. The van der Waals surface area contributed by atoms with Crippen LogP contribution in [0.4, 0.5) is 17.1 Å². The first-order valence-corrected chi connectivity index (χ1v) is 5.22. The Morgan fingerprint density at radius 2 is 1.89 bits per heavy atom. The van der Waals surface area contributed by atoms with Crippen LogP contribution in [0.15, 0.2) is 35.5 Å². The van der Waals surface area contributed by atoms with E-state index in [1.165, 1.54) is 12.1 Å². The number of hydrogen-bond donors (Lipinski definition) is 1. The Labute approximate surface area is 108 Å². The fourth-order valence-corrected chi connectivity index (χ4v) is 1.12. The maximum Gasteiger partial charge on any atom is 0.301 e. The number of benzene rings is 1.